The molecule has 0 saturated carbocycles. The van der Waals surface area contributed by atoms with Crippen molar-refractivity contribution in [1.82, 2.24) is 4.98 Å². The minimum atomic E-state index is -0.214. The lowest BCUT2D eigenvalue weighted by atomic mass is 10.1. The Morgan fingerprint density at radius 2 is 1.88 bits per heavy atom. The summed E-state index contributed by atoms with van der Waals surface area (Å²) in [6.07, 6.45) is 1.74. The van der Waals surface area contributed by atoms with Crippen molar-refractivity contribution in [3.8, 4) is 0 Å². The summed E-state index contributed by atoms with van der Waals surface area (Å²) in [6.45, 7) is 2.02. The van der Waals surface area contributed by atoms with Crippen LogP contribution in [0.1, 0.15) is 18.5 Å². The Balaban J connectivity index is 2.09. The number of aromatic nitrogens is 1. The summed E-state index contributed by atoms with van der Waals surface area (Å²) in [7, 11) is 0. The first-order chi connectivity index (χ1) is 7.75. The second-order valence-corrected chi connectivity index (χ2v) is 3.63. The number of hydrogen-bond acceptors (Lipinski definition) is 2. The molecular formula is C13H13FN2. The van der Waals surface area contributed by atoms with Gasteiger partial charge in [-0.25, -0.2) is 9.37 Å². The highest BCUT2D eigenvalue weighted by Gasteiger charge is 2.05. The first-order valence-electron chi connectivity index (χ1n) is 5.19. The van der Waals surface area contributed by atoms with Crippen LogP contribution in [-0.4, -0.2) is 4.98 Å². The fourth-order valence-electron chi connectivity index (χ4n) is 1.50. The number of hydrogen-bond donors (Lipinski definition) is 1. The molecule has 0 amide bonds. The Morgan fingerprint density at radius 3 is 2.50 bits per heavy atom. The number of anilines is 1. The van der Waals surface area contributed by atoms with E-state index >= 15 is 0 Å². The highest BCUT2D eigenvalue weighted by Crippen LogP contribution is 2.17. The molecule has 2 aromatic rings. The van der Waals surface area contributed by atoms with Crippen LogP contribution >= 0.6 is 0 Å². The summed E-state index contributed by atoms with van der Waals surface area (Å²) in [4.78, 5) is 4.18. The van der Waals surface area contributed by atoms with Crippen LogP contribution in [0.5, 0.6) is 0 Å². The van der Waals surface area contributed by atoms with E-state index in [2.05, 4.69) is 10.3 Å². The zero-order valence-electron chi connectivity index (χ0n) is 9.02. The highest BCUT2D eigenvalue weighted by molar-refractivity contribution is 5.37. The van der Waals surface area contributed by atoms with Gasteiger partial charge in [0.25, 0.3) is 0 Å². The zero-order chi connectivity index (χ0) is 11.4. The second kappa shape index (κ2) is 4.75. The fourth-order valence-corrected chi connectivity index (χ4v) is 1.50. The normalized spacial score (nSPS) is 12.1. The summed E-state index contributed by atoms with van der Waals surface area (Å²) in [5, 5.41) is 3.24. The SMILES string of the molecule is CC(Nc1ccccn1)c1ccc(F)cc1. The molecule has 82 valence electrons. The smallest absolute Gasteiger partial charge is 0.126 e. The van der Waals surface area contributed by atoms with Crippen molar-refractivity contribution in [2.24, 2.45) is 0 Å². The van der Waals surface area contributed by atoms with Gasteiger partial charge < -0.3 is 5.32 Å². The van der Waals surface area contributed by atoms with E-state index in [9.17, 15) is 4.39 Å². The molecule has 1 heterocycles. The number of pyridine rings is 1. The summed E-state index contributed by atoms with van der Waals surface area (Å²) in [6, 6.07) is 12.3. The average Bonchev–Trinajstić information content (AvgIpc) is 2.31. The molecule has 0 fully saturated rings. The van der Waals surface area contributed by atoms with E-state index in [4.69, 9.17) is 0 Å². The molecule has 2 rings (SSSR count). The summed E-state index contributed by atoms with van der Waals surface area (Å²) in [5.41, 5.74) is 1.03. The van der Waals surface area contributed by atoms with E-state index < -0.39 is 0 Å². The highest BCUT2D eigenvalue weighted by atomic mass is 19.1. The first kappa shape index (κ1) is 10.6. The van der Waals surface area contributed by atoms with E-state index in [1.54, 1.807) is 18.3 Å². The number of nitrogens with one attached hydrogen (secondary N) is 1. The third-order valence-corrected chi connectivity index (χ3v) is 2.40. The molecule has 1 aromatic carbocycles. The van der Waals surface area contributed by atoms with E-state index in [0.29, 0.717) is 0 Å². The van der Waals surface area contributed by atoms with Gasteiger partial charge in [-0.2, -0.15) is 0 Å². The maximum absolute atomic E-state index is 12.7. The molecule has 0 spiro atoms. The van der Waals surface area contributed by atoms with Crippen LogP contribution in [0.3, 0.4) is 0 Å². The fraction of sp³-hybridized carbons (Fsp3) is 0.154. The maximum Gasteiger partial charge on any atom is 0.126 e. The van der Waals surface area contributed by atoms with Crippen LogP contribution in [0.4, 0.5) is 10.2 Å². The lowest BCUT2D eigenvalue weighted by molar-refractivity contribution is 0.626. The van der Waals surface area contributed by atoms with E-state index in [-0.39, 0.29) is 11.9 Å². The van der Waals surface area contributed by atoms with Gasteiger partial charge in [-0.3, -0.25) is 0 Å². The minimum Gasteiger partial charge on any atom is -0.364 e. The van der Waals surface area contributed by atoms with Gasteiger partial charge in [0.1, 0.15) is 11.6 Å². The molecule has 3 heteroatoms. The largest absolute Gasteiger partial charge is 0.364 e. The van der Waals surface area contributed by atoms with Gasteiger partial charge in [-0.1, -0.05) is 18.2 Å². The predicted octanol–water partition coefficient (Wildman–Crippen LogP) is 3.39. The monoisotopic (exact) mass is 216 g/mol. The van der Waals surface area contributed by atoms with Gasteiger partial charge in [0.2, 0.25) is 0 Å². The van der Waals surface area contributed by atoms with Crippen LogP contribution in [0.2, 0.25) is 0 Å². The van der Waals surface area contributed by atoms with Crippen LogP contribution in [0, 0.1) is 5.82 Å². The molecule has 0 radical (unpaired) electrons. The van der Waals surface area contributed by atoms with Crippen LogP contribution < -0.4 is 5.32 Å². The van der Waals surface area contributed by atoms with Gasteiger partial charge in [0, 0.05) is 12.2 Å². The molecule has 2 nitrogen and oxygen atoms in total. The molecule has 1 atom stereocenters. The van der Waals surface area contributed by atoms with Gasteiger partial charge in [-0.05, 0) is 36.8 Å². The molecule has 16 heavy (non-hydrogen) atoms. The van der Waals surface area contributed by atoms with Gasteiger partial charge >= 0.3 is 0 Å². The topological polar surface area (TPSA) is 24.9 Å². The minimum absolute atomic E-state index is 0.107. The quantitative estimate of drug-likeness (QED) is 0.850. The van der Waals surface area contributed by atoms with Crippen molar-refractivity contribution in [2.75, 3.05) is 5.32 Å². The Morgan fingerprint density at radius 1 is 1.12 bits per heavy atom. The lowest BCUT2D eigenvalue weighted by Crippen LogP contribution is -2.07. The van der Waals surface area contributed by atoms with Gasteiger partial charge in [0.05, 0.1) is 0 Å². The number of benzene rings is 1. The Bertz CT molecular complexity index is 439. The van der Waals surface area contributed by atoms with Gasteiger partial charge in [-0.15, -0.1) is 0 Å². The van der Waals surface area contributed by atoms with Crippen molar-refractivity contribution >= 4 is 5.82 Å². The third kappa shape index (κ3) is 2.57. The molecule has 1 aromatic heterocycles. The summed E-state index contributed by atoms with van der Waals surface area (Å²) in [5.74, 6) is 0.605. The number of halogens is 1. The van der Waals surface area contributed by atoms with E-state index in [0.717, 1.165) is 11.4 Å². The Hall–Kier alpha value is -1.90. The Labute approximate surface area is 94.2 Å². The van der Waals surface area contributed by atoms with E-state index in [1.165, 1.54) is 12.1 Å². The number of rotatable bonds is 3. The molecule has 0 aliphatic heterocycles. The average molecular weight is 216 g/mol. The molecule has 0 aliphatic carbocycles. The molecule has 0 saturated heterocycles. The maximum atomic E-state index is 12.7. The molecule has 0 aliphatic rings. The van der Waals surface area contributed by atoms with Crippen LogP contribution in [0.25, 0.3) is 0 Å². The zero-order valence-corrected chi connectivity index (χ0v) is 9.02. The summed E-state index contributed by atoms with van der Waals surface area (Å²) < 4.78 is 12.7. The summed E-state index contributed by atoms with van der Waals surface area (Å²) >= 11 is 0. The van der Waals surface area contributed by atoms with E-state index in [1.807, 2.05) is 25.1 Å². The second-order valence-electron chi connectivity index (χ2n) is 3.63. The first-order valence-corrected chi connectivity index (χ1v) is 5.19. The molecule has 0 bridgehead atoms. The standard InChI is InChI=1S/C13H13FN2/c1-10(11-5-7-12(14)8-6-11)16-13-4-2-3-9-15-13/h2-10H,1H3,(H,15,16). The molecular weight excluding hydrogens is 203 g/mol. The molecule has 1 N–H and O–H groups in total. The van der Waals surface area contributed by atoms with Crippen molar-refractivity contribution in [3.63, 3.8) is 0 Å². The predicted molar refractivity (Wildman–Crippen MR) is 62.7 cm³/mol. The lowest BCUT2D eigenvalue weighted by Gasteiger charge is -2.14. The van der Waals surface area contributed by atoms with Crippen molar-refractivity contribution in [1.29, 1.82) is 0 Å². The van der Waals surface area contributed by atoms with Crippen molar-refractivity contribution < 1.29 is 4.39 Å². The number of nitrogens with zero attached hydrogens (tertiary/aromatic N) is 1. The van der Waals surface area contributed by atoms with Crippen LogP contribution in [-0.2, 0) is 0 Å². The third-order valence-electron chi connectivity index (χ3n) is 2.40. The molecule has 1 unspecified atom stereocenters. The van der Waals surface area contributed by atoms with Gasteiger partial charge in [0.15, 0.2) is 0 Å². The Kier molecular flexibility index (Phi) is 3.15. The van der Waals surface area contributed by atoms with Crippen molar-refractivity contribution in [3.05, 3.63) is 60.0 Å². The van der Waals surface area contributed by atoms with Crippen molar-refractivity contribution in [2.45, 2.75) is 13.0 Å². The van der Waals surface area contributed by atoms with Crippen LogP contribution in [0.15, 0.2) is 48.7 Å².